The molecule has 1 heteroatoms. The normalized spacial score (nSPS) is 14.9. The monoisotopic (exact) mass is 176 g/mol. The minimum absolute atomic E-state index is 0. The summed E-state index contributed by atoms with van der Waals surface area (Å²) in [5.74, 6) is 0. The van der Waals surface area contributed by atoms with Crippen LogP contribution in [0.4, 0.5) is 0 Å². The molecule has 0 radical (unpaired) electrons. The van der Waals surface area contributed by atoms with Gasteiger partial charge < -0.3 is 0 Å². The molecule has 2 aromatic rings. The van der Waals surface area contributed by atoms with Gasteiger partial charge in [0, 0.05) is 0 Å². The molecule has 14 heavy (non-hydrogen) atoms. The molecule has 0 saturated heterocycles. The first-order chi connectivity index (χ1) is 6.45. The molecule has 3 rings (SSSR count). The van der Waals surface area contributed by atoms with Gasteiger partial charge in [0.05, 0.1) is 0 Å². The number of hydrogen-bond acceptors (Lipinski definition) is 0. The fourth-order valence-corrected chi connectivity index (χ4v) is 2.48. The molecule has 2 aromatic carbocycles. The van der Waals surface area contributed by atoms with Crippen molar-refractivity contribution in [3.63, 3.8) is 0 Å². The molecule has 0 N–H and O–H groups in total. The molecule has 1 aliphatic rings. The zero-order chi connectivity index (χ0) is 8.67. The van der Waals surface area contributed by atoms with Crippen LogP contribution in [0, 0.1) is 0 Å². The van der Waals surface area contributed by atoms with Gasteiger partial charge >= 0.3 is 18.9 Å². The maximum Gasteiger partial charge on any atom is 1.00 e. The van der Waals surface area contributed by atoms with Gasteiger partial charge in [0.1, 0.15) is 0 Å². The van der Waals surface area contributed by atoms with Gasteiger partial charge in [-0.15, -0.1) is 40.6 Å². The molecule has 1 aliphatic carbocycles. The fourth-order valence-electron chi connectivity index (χ4n) is 2.48. The van der Waals surface area contributed by atoms with Gasteiger partial charge in [-0.05, 0) is 6.42 Å². The predicted molar refractivity (Wildman–Crippen MR) is 56.2 cm³/mol. The van der Waals surface area contributed by atoms with E-state index < -0.39 is 0 Å². The van der Waals surface area contributed by atoms with Crippen molar-refractivity contribution in [1.29, 1.82) is 0 Å². The van der Waals surface area contributed by atoms with Crippen LogP contribution in [0.25, 0.3) is 10.8 Å². The second-order valence-corrected chi connectivity index (χ2v) is 3.94. The summed E-state index contributed by atoms with van der Waals surface area (Å²) in [5.41, 5.74) is 3.23. The summed E-state index contributed by atoms with van der Waals surface area (Å²) < 4.78 is 0. The summed E-state index contributed by atoms with van der Waals surface area (Å²) in [5, 5.41) is 2.94. The molecule has 0 bridgehead atoms. The Bertz CT molecular complexity index is 439. The summed E-state index contributed by atoms with van der Waals surface area (Å²) in [6.07, 6.45) is 5.34. The predicted octanol–water partition coefficient (Wildman–Crippen LogP) is 0.442. The average Bonchev–Trinajstić information content (AvgIpc) is 2.56. The Morgan fingerprint density at radius 3 is 2.71 bits per heavy atom. The molecule has 0 nitrogen and oxygen atoms in total. The third-order valence-corrected chi connectivity index (χ3v) is 3.13. The summed E-state index contributed by atoms with van der Waals surface area (Å²) in [7, 11) is 0. The van der Waals surface area contributed by atoms with Crippen LogP contribution in [0.15, 0.2) is 30.3 Å². The molecule has 66 valence electrons. The van der Waals surface area contributed by atoms with Gasteiger partial charge in [0.25, 0.3) is 0 Å². The van der Waals surface area contributed by atoms with Crippen LogP contribution in [0.1, 0.15) is 24.0 Å². The smallest absolute Gasteiger partial charge is 0.150 e. The van der Waals surface area contributed by atoms with E-state index in [9.17, 15) is 0 Å². The van der Waals surface area contributed by atoms with Crippen molar-refractivity contribution >= 4 is 10.8 Å². The second-order valence-electron chi connectivity index (χ2n) is 3.94. The van der Waals surface area contributed by atoms with Crippen molar-refractivity contribution in [3.05, 3.63) is 41.5 Å². The summed E-state index contributed by atoms with van der Waals surface area (Å²) in [6, 6.07) is 11.2. The Morgan fingerprint density at radius 1 is 1.00 bits per heavy atom. The first-order valence-corrected chi connectivity index (χ1v) is 5.11. The van der Waals surface area contributed by atoms with E-state index in [0.717, 1.165) is 0 Å². The van der Waals surface area contributed by atoms with Crippen LogP contribution in [-0.2, 0) is 12.8 Å². The van der Waals surface area contributed by atoms with E-state index in [0.29, 0.717) is 0 Å². The number of rotatable bonds is 0. The Hall–Kier alpha value is -0.573. The van der Waals surface area contributed by atoms with E-state index in [1.165, 1.54) is 36.5 Å². The van der Waals surface area contributed by atoms with Crippen LogP contribution < -0.4 is 18.9 Å². The summed E-state index contributed by atoms with van der Waals surface area (Å²) in [4.78, 5) is 0. The maximum atomic E-state index is 2.38. The number of fused-ring (bicyclic) bond motifs is 3. The van der Waals surface area contributed by atoms with Crippen LogP contribution >= 0.6 is 0 Å². The standard InChI is InChI=1S/C13H13.Li/c1-3-7-12-10(5-1)9-11-6-2-4-8-13(11)12;/h1,3,5,7,9H,2,4,6,8H2;/q-1;+1. The van der Waals surface area contributed by atoms with Crippen molar-refractivity contribution in [2.45, 2.75) is 25.7 Å². The topological polar surface area (TPSA) is 0 Å². The van der Waals surface area contributed by atoms with E-state index in [-0.39, 0.29) is 18.9 Å². The molecule has 0 atom stereocenters. The molecule has 0 aromatic heterocycles. The van der Waals surface area contributed by atoms with Crippen LogP contribution in [0.3, 0.4) is 0 Å². The summed E-state index contributed by atoms with van der Waals surface area (Å²) >= 11 is 0. The quantitative estimate of drug-likeness (QED) is 0.403. The van der Waals surface area contributed by atoms with Gasteiger partial charge in [-0.1, -0.05) is 25.3 Å². The average molecular weight is 176 g/mol. The molecule has 0 unspecified atom stereocenters. The van der Waals surface area contributed by atoms with E-state index in [2.05, 4.69) is 30.3 Å². The second kappa shape index (κ2) is 3.89. The largest absolute Gasteiger partial charge is 1.00 e. The minimum Gasteiger partial charge on any atom is -0.150 e. The van der Waals surface area contributed by atoms with Crippen LogP contribution in [0.5, 0.6) is 0 Å². The van der Waals surface area contributed by atoms with Crippen molar-refractivity contribution < 1.29 is 18.9 Å². The van der Waals surface area contributed by atoms with Crippen molar-refractivity contribution in [2.24, 2.45) is 0 Å². The SMILES string of the molecule is [Li+].c1ccc2c3c([cH-]c2c1)CCCC3. The molecule has 0 spiro atoms. The zero-order valence-electron chi connectivity index (χ0n) is 8.72. The summed E-state index contributed by atoms with van der Waals surface area (Å²) in [6.45, 7) is 0. The Labute approximate surface area is 96.9 Å². The van der Waals surface area contributed by atoms with Gasteiger partial charge in [-0.3, -0.25) is 0 Å². The molecule has 0 amide bonds. The van der Waals surface area contributed by atoms with Crippen molar-refractivity contribution in [3.8, 4) is 0 Å². The third kappa shape index (κ3) is 1.43. The van der Waals surface area contributed by atoms with E-state index in [1.807, 2.05) is 0 Å². The van der Waals surface area contributed by atoms with Crippen LogP contribution in [-0.4, -0.2) is 0 Å². The number of hydrogen-bond donors (Lipinski definition) is 0. The zero-order valence-corrected chi connectivity index (χ0v) is 8.72. The fraction of sp³-hybridized carbons (Fsp3) is 0.308. The van der Waals surface area contributed by atoms with E-state index in [4.69, 9.17) is 0 Å². The van der Waals surface area contributed by atoms with Crippen LogP contribution in [0.2, 0.25) is 0 Å². The van der Waals surface area contributed by atoms with Crippen molar-refractivity contribution in [1.82, 2.24) is 0 Å². The minimum atomic E-state index is 0. The number of benzene rings is 1. The molecule has 0 heterocycles. The molecular weight excluding hydrogens is 163 g/mol. The van der Waals surface area contributed by atoms with Gasteiger partial charge in [-0.2, -0.15) is 5.56 Å². The van der Waals surface area contributed by atoms with Crippen molar-refractivity contribution in [2.75, 3.05) is 0 Å². The Kier molecular flexibility index (Phi) is 2.77. The third-order valence-electron chi connectivity index (χ3n) is 3.13. The van der Waals surface area contributed by atoms with E-state index in [1.54, 1.807) is 11.1 Å². The molecule has 0 fully saturated rings. The molecular formula is C13H13Li. The van der Waals surface area contributed by atoms with E-state index >= 15 is 0 Å². The van der Waals surface area contributed by atoms with Gasteiger partial charge in [-0.25, -0.2) is 0 Å². The number of aryl methyl sites for hydroxylation is 2. The van der Waals surface area contributed by atoms with Gasteiger partial charge in [0.2, 0.25) is 0 Å². The first-order valence-electron chi connectivity index (χ1n) is 5.11. The molecule has 0 saturated carbocycles. The van der Waals surface area contributed by atoms with Gasteiger partial charge in [0.15, 0.2) is 0 Å². The Morgan fingerprint density at radius 2 is 1.79 bits per heavy atom. The Balaban J connectivity index is 0.000000750. The maximum absolute atomic E-state index is 2.38. The molecule has 0 aliphatic heterocycles. The first kappa shape index (κ1) is 9.96.